The molecule has 4 heteroatoms. The molecular weight excluding hydrogens is 329 g/mol. The summed E-state index contributed by atoms with van der Waals surface area (Å²) in [6.45, 7) is 0. The standard InChI is InChI=1S/C22H15FNO2/c1-24-22(25)20-18(14-7-10-17(23)11-8-14)13-16-9-12-19(26-21(16)20)15-5-3-2-4-6-15/h2-11,13H,1H3,(H,24,25). The molecule has 1 amide bonds. The van der Waals surface area contributed by atoms with Gasteiger partial charge >= 0.3 is 0 Å². The number of fused-ring (bicyclic) bond motifs is 1. The van der Waals surface area contributed by atoms with Crippen molar-refractivity contribution in [2.75, 3.05) is 7.05 Å². The molecule has 3 nitrogen and oxygen atoms in total. The van der Waals surface area contributed by atoms with Gasteiger partial charge in [-0.15, -0.1) is 0 Å². The number of carbonyl (C=O) groups is 1. The van der Waals surface area contributed by atoms with Gasteiger partial charge in [0, 0.05) is 24.2 Å². The number of amides is 1. The smallest absolute Gasteiger partial charge is 0.255 e. The zero-order valence-electron chi connectivity index (χ0n) is 14.0. The van der Waals surface area contributed by atoms with Crippen molar-refractivity contribution in [1.29, 1.82) is 0 Å². The van der Waals surface area contributed by atoms with Crippen LogP contribution in [0.4, 0.5) is 4.39 Å². The van der Waals surface area contributed by atoms with Gasteiger partial charge in [-0.05, 0) is 35.4 Å². The molecule has 2 aliphatic rings. The van der Waals surface area contributed by atoms with Gasteiger partial charge < -0.3 is 9.73 Å². The molecule has 0 atom stereocenters. The quantitative estimate of drug-likeness (QED) is 0.567. The zero-order chi connectivity index (χ0) is 18.1. The van der Waals surface area contributed by atoms with Gasteiger partial charge in [0.25, 0.3) is 5.91 Å². The van der Waals surface area contributed by atoms with Crippen molar-refractivity contribution in [3.05, 3.63) is 84.2 Å². The Morgan fingerprint density at radius 3 is 2.42 bits per heavy atom. The molecule has 1 heterocycles. The first-order chi connectivity index (χ1) is 12.7. The first-order valence-corrected chi connectivity index (χ1v) is 8.19. The Morgan fingerprint density at radius 2 is 1.73 bits per heavy atom. The van der Waals surface area contributed by atoms with Crippen LogP contribution in [0, 0.1) is 11.9 Å². The second kappa shape index (κ2) is 6.48. The van der Waals surface area contributed by atoms with Crippen molar-refractivity contribution >= 4 is 5.91 Å². The first kappa shape index (κ1) is 16.1. The molecular formula is C22H15FNO2. The topological polar surface area (TPSA) is 42.2 Å². The fourth-order valence-corrected chi connectivity index (χ4v) is 2.99. The van der Waals surface area contributed by atoms with Crippen LogP contribution in [0.1, 0.15) is 10.4 Å². The summed E-state index contributed by atoms with van der Waals surface area (Å²) >= 11 is 0. The largest absolute Gasteiger partial charge is 0.455 e. The molecule has 0 saturated carbocycles. The lowest BCUT2D eigenvalue weighted by atomic mass is 10.0. The minimum atomic E-state index is -0.323. The van der Waals surface area contributed by atoms with Crippen LogP contribution in [0.15, 0.2) is 71.1 Å². The second-order valence-corrected chi connectivity index (χ2v) is 5.89. The molecule has 0 spiro atoms. The summed E-state index contributed by atoms with van der Waals surface area (Å²) in [7, 11) is 1.57. The van der Waals surface area contributed by atoms with Crippen LogP contribution >= 0.6 is 0 Å². The first-order valence-electron chi connectivity index (χ1n) is 8.19. The van der Waals surface area contributed by atoms with Crippen LogP contribution in [0.2, 0.25) is 0 Å². The molecule has 4 rings (SSSR count). The summed E-state index contributed by atoms with van der Waals surface area (Å²) in [5, 5.41) is 2.66. The fraction of sp³-hybridized carbons (Fsp3) is 0.0455. The van der Waals surface area contributed by atoms with E-state index in [1.54, 1.807) is 25.2 Å². The minimum absolute atomic E-state index is 0.256. The van der Waals surface area contributed by atoms with Gasteiger partial charge in [-0.2, -0.15) is 0 Å². The number of benzene rings is 2. The zero-order valence-corrected chi connectivity index (χ0v) is 14.0. The summed E-state index contributed by atoms with van der Waals surface area (Å²) in [5.41, 5.74) is 3.52. The van der Waals surface area contributed by atoms with E-state index in [1.807, 2.05) is 36.4 Å². The molecule has 0 saturated heterocycles. The normalized spacial score (nSPS) is 10.8. The number of nitrogens with one attached hydrogen (secondary N) is 1. The van der Waals surface area contributed by atoms with Gasteiger partial charge in [0.2, 0.25) is 0 Å². The van der Waals surface area contributed by atoms with Crippen LogP contribution in [0.3, 0.4) is 0 Å². The van der Waals surface area contributed by atoms with Gasteiger partial charge in [-0.3, -0.25) is 4.79 Å². The van der Waals surface area contributed by atoms with Crippen molar-refractivity contribution in [1.82, 2.24) is 5.32 Å². The van der Waals surface area contributed by atoms with E-state index in [4.69, 9.17) is 4.42 Å². The minimum Gasteiger partial charge on any atom is -0.455 e. The van der Waals surface area contributed by atoms with E-state index in [9.17, 15) is 9.18 Å². The lowest BCUT2D eigenvalue weighted by molar-refractivity contribution is 0.0963. The monoisotopic (exact) mass is 344 g/mol. The van der Waals surface area contributed by atoms with E-state index in [1.165, 1.54) is 12.1 Å². The van der Waals surface area contributed by atoms with Gasteiger partial charge in [-0.25, -0.2) is 4.39 Å². The molecule has 1 radical (unpaired) electrons. The Bertz CT molecular complexity index is 1040. The van der Waals surface area contributed by atoms with Gasteiger partial charge in [0.15, 0.2) is 0 Å². The van der Waals surface area contributed by atoms with Crippen LogP contribution in [-0.4, -0.2) is 13.0 Å². The van der Waals surface area contributed by atoms with Crippen LogP contribution in [-0.2, 0) is 0 Å². The van der Waals surface area contributed by atoms with Gasteiger partial charge in [0.1, 0.15) is 17.3 Å². The van der Waals surface area contributed by atoms with E-state index in [-0.39, 0.29) is 11.7 Å². The van der Waals surface area contributed by atoms with E-state index < -0.39 is 0 Å². The van der Waals surface area contributed by atoms with Crippen molar-refractivity contribution in [3.8, 4) is 33.8 Å². The summed E-state index contributed by atoms with van der Waals surface area (Å²) in [5.74, 6) is 0.463. The fourth-order valence-electron chi connectivity index (χ4n) is 2.99. The van der Waals surface area contributed by atoms with Gasteiger partial charge in [-0.1, -0.05) is 42.5 Å². The predicted molar refractivity (Wildman–Crippen MR) is 98.4 cm³/mol. The van der Waals surface area contributed by atoms with Crippen molar-refractivity contribution < 1.29 is 13.6 Å². The molecule has 1 aliphatic heterocycles. The van der Waals surface area contributed by atoms with Crippen molar-refractivity contribution in [3.63, 3.8) is 0 Å². The predicted octanol–water partition coefficient (Wildman–Crippen LogP) is 5.02. The van der Waals surface area contributed by atoms with Crippen molar-refractivity contribution in [2.24, 2.45) is 0 Å². The van der Waals surface area contributed by atoms with Crippen molar-refractivity contribution in [2.45, 2.75) is 0 Å². The Morgan fingerprint density at radius 1 is 1.00 bits per heavy atom. The maximum Gasteiger partial charge on any atom is 0.255 e. The van der Waals surface area contributed by atoms with E-state index in [0.717, 1.165) is 16.7 Å². The summed E-state index contributed by atoms with van der Waals surface area (Å²) in [6, 6.07) is 22.4. The number of halogens is 1. The molecule has 0 bridgehead atoms. The molecule has 2 aromatic rings. The third kappa shape index (κ3) is 2.75. The highest BCUT2D eigenvalue weighted by Gasteiger charge is 2.25. The Labute approximate surface area is 150 Å². The van der Waals surface area contributed by atoms with Crippen LogP contribution in [0.5, 0.6) is 0 Å². The Hall–Kier alpha value is -3.40. The number of hydrogen-bond donors (Lipinski definition) is 1. The SMILES string of the molecule is CNC(=O)c1c(-c2ccc(F)cc2)cc2c[c]c(-c3ccccc3)oc1-2. The average Bonchev–Trinajstić information content (AvgIpc) is 3.07. The summed E-state index contributed by atoms with van der Waals surface area (Å²) < 4.78 is 19.3. The molecule has 1 N–H and O–H groups in total. The molecule has 127 valence electrons. The Balaban J connectivity index is 1.94. The molecule has 0 unspecified atom stereocenters. The van der Waals surface area contributed by atoms with E-state index in [0.29, 0.717) is 22.6 Å². The highest BCUT2D eigenvalue weighted by atomic mass is 19.1. The number of rotatable bonds is 3. The second-order valence-electron chi connectivity index (χ2n) is 5.89. The van der Waals surface area contributed by atoms with Crippen LogP contribution < -0.4 is 5.32 Å². The third-order valence-corrected chi connectivity index (χ3v) is 4.27. The highest BCUT2D eigenvalue weighted by molar-refractivity contribution is 6.08. The highest BCUT2D eigenvalue weighted by Crippen LogP contribution is 2.40. The lowest BCUT2D eigenvalue weighted by Gasteiger charge is -2.08. The summed E-state index contributed by atoms with van der Waals surface area (Å²) in [4.78, 5) is 12.5. The summed E-state index contributed by atoms with van der Waals surface area (Å²) in [6.07, 6.45) is 0. The molecule has 26 heavy (non-hydrogen) atoms. The molecule has 0 fully saturated rings. The number of hydrogen-bond acceptors (Lipinski definition) is 2. The molecule has 2 aromatic carbocycles. The maximum atomic E-state index is 13.3. The average molecular weight is 344 g/mol. The lowest BCUT2D eigenvalue weighted by Crippen LogP contribution is -2.18. The van der Waals surface area contributed by atoms with E-state index in [2.05, 4.69) is 11.4 Å². The Kier molecular flexibility index (Phi) is 4.01. The molecule has 1 aliphatic carbocycles. The maximum absolute atomic E-state index is 13.3. The molecule has 0 aromatic heterocycles. The van der Waals surface area contributed by atoms with Crippen LogP contribution in [0.25, 0.3) is 33.8 Å². The number of carbonyl (C=O) groups excluding carboxylic acids is 1. The third-order valence-electron chi connectivity index (χ3n) is 4.27. The van der Waals surface area contributed by atoms with Gasteiger partial charge in [0.05, 0.1) is 5.56 Å². The van der Waals surface area contributed by atoms with E-state index >= 15 is 0 Å².